The fraction of sp³-hybridized carbons (Fsp3) is 0.920. The van der Waals surface area contributed by atoms with Crippen molar-refractivity contribution in [3.05, 3.63) is 0 Å². The van der Waals surface area contributed by atoms with E-state index in [0.29, 0.717) is 12.8 Å². The number of carbonyl (C=O) groups is 2. The van der Waals surface area contributed by atoms with E-state index in [2.05, 4.69) is 6.92 Å². The van der Waals surface area contributed by atoms with E-state index in [1.54, 1.807) is 0 Å². The zero-order valence-electron chi connectivity index (χ0n) is 21.3. The molecule has 0 saturated carbocycles. The molecule has 1 aliphatic rings. The molecular formula is C25H46O10. The van der Waals surface area contributed by atoms with Gasteiger partial charge in [-0.3, -0.25) is 9.59 Å². The number of esters is 2. The predicted molar refractivity (Wildman–Crippen MR) is 127 cm³/mol. The van der Waals surface area contributed by atoms with Gasteiger partial charge in [0.25, 0.3) is 0 Å². The second-order valence-corrected chi connectivity index (χ2v) is 9.15. The van der Waals surface area contributed by atoms with Gasteiger partial charge in [-0.1, -0.05) is 65.2 Å². The van der Waals surface area contributed by atoms with E-state index in [1.165, 1.54) is 25.7 Å². The summed E-state index contributed by atoms with van der Waals surface area (Å²) in [5.74, 6) is -0.855. The molecule has 4 N–H and O–H groups in total. The minimum absolute atomic E-state index is 0.219. The van der Waals surface area contributed by atoms with Gasteiger partial charge in [0.05, 0.1) is 13.2 Å². The molecule has 0 unspecified atom stereocenters. The summed E-state index contributed by atoms with van der Waals surface area (Å²) < 4.78 is 21.5. The SMILES string of the molecule is CCCCCCCCCCC(=O)O[C@H](COC(=O)CCCC)CO[C@@H]1O[C@H](CO)[C@H](O)[C@H](O)[C@H]1O. The molecule has 0 amide bonds. The average molecular weight is 507 g/mol. The van der Waals surface area contributed by atoms with Crippen molar-refractivity contribution < 1.29 is 49.0 Å². The van der Waals surface area contributed by atoms with Crippen LogP contribution in [0.4, 0.5) is 0 Å². The van der Waals surface area contributed by atoms with E-state index >= 15 is 0 Å². The van der Waals surface area contributed by atoms with Gasteiger partial charge in [-0.2, -0.15) is 0 Å². The molecule has 0 aromatic heterocycles. The molecule has 1 saturated heterocycles. The summed E-state index contributed by atoms with van der Waals surface area (Å²) in [6.45, 7) is 3.06. The minimum Gasteiger partial charge on any atom is -0.462 e. The molecule has 10 heteroatoms. The van der Waals surface area contributed by atoms with Gasteiger partial charge in [0.1, 0.15) is 31.0 Å². The number of ether oxygens (including phenoxy) is 4. The zero-order valence-corrected chi connectivity index (χ0v) is 21.3. The third-order valence-corrected chi connectivity index (χ3v) is 5.99. The van der Waals surface area contributed by atoms with Gasteiger partial charge in [0.2, 0.25) is 0 Å². The summed E-state index contributed by atoms with van der Waals surface area (Å²) in [6, 6.07) is 0. The molecule has 0 bridgehead atoms. The van der Waals surface area contributed by atoms with E-state index in [9.17, 15) is 30.0 Å². The molecule has 1 fully saturated rings. The fourth-order valence-corrected chi connectivity index (χ4v) is 3.75. The molecular weight excluding hydrogens is 460 g/mol. The molecule has 35 heavy (non-hydrogen) atoms. The lowest BCUT2D eigenvalue weighted by molar-refractivity contribution is -0.305. The first-order chi connectivity index (χ1) is 16.8. The van der Waals surface area contributed by atoms with Gasteiger partial charge in [-0.15, -0.1) is 0 Å². The van der Waals surface area contributed by atoms with Crippen LogP contribution in [0, 0.1) is 0 Å². The highest BCUT2D eigenvalue weighted by Gasteiger charge is 2.44. The lowest BCUT2D eigenvalue weighted by atomic mass is 9.99. The van der Waals surface area contributed by atoms with Gasteiger partial charge in [-0.05, 0) is 12.8 Å². The van der Waals surface area contributed by atoms with Gasteiger partial charge in [0, 0.05) is 12.8 Å². The van der Waals surface area contributed by atoms with Gasteiger partial charge in [0.15, 0.2) is 12.4 Å². The quantitative estimate of drug-likeness (QED) is 0.151. The summed E-state index contributed by atoms with van der Waals surface area (Å²) in [7, 11) is 0. The Balaban J connectivity index is 2.52. The summed E-state index contributed by atoms with van der Waals surface area (Å²) in [6.07, 6.45) is 2.68. The summed E-state index contributed by atoms with van der Waals surface area (Å²) in [5.41, 5.74) is 0. The van der Waals surface area contributed by atoms with Gasteiger partial charge >= 0.3 is 11.9 Å². The van der Waals surface area contributed by atoms with Crippen LogP contribution in [0.25, 0.3) is 0 Å². The van der Waals surface area contributed by atoms with Crippen LogP contribution in [-0.2, 0) is 28.5 Å². The molecule has 10 nitrogen and oxygen atoms in total. The first-order valence-electron chi connectivity index (χ1n) is 13.1. The van der Waals surface area contributed by atoms with Crippen molar-refractivity contribution in [2.45, 2.75) is 128 Å². The predicted octanol–water partition coefficient (Wildman–Crippen LogP) is 1.98. The summed E-state index contributed by atoms with van der Waals surface area (Å²) >= 11 is 0. The molecule has 0 spiro atoms. The van der Waals surface area contributed by atoms with E-state index in [1.807, 2.05) is 6.92 Å². The molecule has 1 heterocycles. The van der Waals surface area contributed by atoms with Crippen molar-refractivity contribution >= 4 is 11.9 Å². The van der Waals surface area contributed by atoms with E-state index in [4.69, 9.17) is 18.9 Å². The van der Waals surface area contributed by atoms with Crippen LogP contribution in [0.3, 0.4) is 0 Å². The Hall–Kier alpha value is -1.30. The smallest absolute Gasteiger partial charge is 0.306 e. The topological polar surface area (TPSA) is 152 Å². The van der Waals surface area contributed by atoms with Crippen LogP contribution >= 0.6 is 0 Å². The Kier molecular flexibility index (Phi) is 17.1. The Labute approximate surface area is 208 Å². The lowest BCUT2D eigenvalue weighted by Crippen LogP contribution is -2.59. The van der Waals surface area contributed by atoms with Crippen LogP contribution in [0.2, 0.25) is 0 Å². The highest BCUT2D eigenvalue weighted by Crippen LogP contribution is 2.22. The van der Waals surface area contributed by atoms with Crippen LogP contribution < -0.4 is 0 Å². The fourth-order valence-electron chi connectivity index (χ4n) is 3.75. The largest absolute Gasteiger partial charge is 0.462 e. The molecule has 0 aromatic carbocycles. The van der Waals surface area contributed by atoms with Crippen molar-refractivity contribution in [2.24, 2.45) is 0 Å². The third-order valence-electron chi connectivity index (χ3n) is 5.99. The Morgan fingerprint density at radius 1 is 0.771 bits per heavy atom. The second-order valence-electron chi connectivity index (χ2n) is 9.15. The standard InChI is InChI=1S/C25H46O10/c1-3-5-7-8-9-10-11-12-14-21(28)34-18(16-32-20(27)13-6-4-2)17-33-25-24(31)23(30)22(29)19(15-26)35-25/h18-19,22-26,29-31H,3-17H2,1-2H3/t18-,19-,22+,23+,24-,25-/m1/s1. The van der Waals surface area contributed by atoms with E-state index in [-0.39, 0.29) is 26.1 Å². The van der Waals surface area contributed by atoms with Crippen molar-refractivity contribution in [3.63, 3.8) is 0 Å². The Bertz CT molecular complexity index is 570. The normalized spacial score (nSPS) is 25.3. The van der Waals surface area contributed by atoms with E-state index < -0.39 is 55.4 Å². The van der Waals surface area contributed by atoms with Crippen LogP contribution in [0.5, 0.6) is 0 Å². The first-order valence-corrected chi connectivity index (χ1v) is 13.1. The molecule has 0 radical (unpaired) electrons. The van der Waals surface area contributed by atoms with Gasteiger partial charge in [-0.25, -0.2) is 0 Å². The van der Waals surface area contributed by atoms with Crippen molar-refractivity contribution in [3.8, 4) is 0 Å². The highest BCUT2D eigenvalue weighted by atomic mass is 16.7. The average Bonchev–Trinajstić information content (AvgIpc) is 2.85. The number of unbranched alkanes of at least 4 members (excludes halogenated alkanes) is 8. The second kappa shape index (κ2) is 18.9. The molecule has 6 atom stereocenters. The number of aliphatic hydroxyl groups excluding tert-OH is 4. The van der Waals surface area contributed by atoms with Crippen molar-refractivity contribution in [2.75, 3.05) is 19.8 Å². The van der Waals surface area contributed by atoms with Crippen molar-refractivity contribution in [1.82, 2.24) is 0 Å². The molecule has 206 valence electrons. The Morgan fingerprint density at radius 2 is 1.37 bits per heavy atom. The van der Waals surface area contributed by atoms with Crippen LogP contribution in [0.1, 0.15) is 90.9 Å². The van der Waals surface area contributed by atoms with E-state index in [0.717, 1.165) is 25.7 Å². The highest BCUT2D eigenvalue weighted by molar-refractivity contribution is 5.70. The first kappa shape index (κ1) is 31.7. The van der Waals surface area contributed by atoms with Crippen LogP contribution in [0.15, 0.2) is 0 Å². The maximum absolute atomic E-state index is 12.3. The molecule has 1 aliphatic heterocycles. The summed E-state index contributed by atoms with van der Waals surface area (Å²) in [4.78, 5) is 24.2. The van der Waals surface area contributed by atoms with Gasteiger partial charge < -0.3 is 39.4 Å². The number of aliphatic hydroxyl groups is 4. The molecule has 0 aromatic rings. The zero-order chi connectivity index (χ0) is 26.1. The molecule has 1 rings (SSSR count). The monoisotopic (exact) mass is 506 g/mol. The summed E-state index contributed by atoms with van der Waals surface area (Å²) in [5, 5.41) is 39.2. The van der Waals surface area contributed by atoms with Crippen molar-refractivity contribution in [1.29, 1.82) is 0 Å². The maximum atomic E-state index is 12.3. The third kappa shape index (κ3) is 13.0. The number of hydrogen-bond donors (Lipinski definition) is 4. The van der Waals surface area contributed by atoms with Crippen LogP contribution in [-0.4, -0.2) is 89.0 Å². The number of rotatable bonds is 19. The Morgan fingerprint density at radius 3 is 2.00 bits per heavy atom. The lowest BCUT2D eigenvalue weighted by Gasteiger charge is -2.39. The minimum atomic E-state index is -1.58. The number of carbonyl (C=O) groups excluding carboxylic acids is 2. The molecule has 0 aliphatic carbocycles. The maximum Gasteiger partial charge on any atom is 0.306 e. The number of hydrogen-bond acceptors (Lipinski definition) is 10.